The second-order valence-corrected chi connectivity index (χ2v) is 32.2. The zero-order chi connectivity index (χ0) is 83.6. The second kappa shape index (κ2) is 87.7. The Morgan fingerprint density at radius 2 is 0.461 bits per heavy atom. The Bertz CT molecular complexity index is 2870. The first-order valence-electron chi connectivity index (χ1n) is 44.7. The monoisotopic (exact) mass is 1640 g/mol. The van der Waals surface area contributed by atoms with Crippen LogP contribution in [0.15, 0.2) is 194 Å². The Morgan fingerprint density at radius 3 is 0.730 bits per heavy atom. The molecule has 0 aliphatic carbocycles. The number of aliphatic hydroxyl groups excluding tert-OH is 2. The molecule has 115 heavy (non-hydrogen) atoms. The number of carbonyl (C=O) groups is 3. The molecule has 0 fully saturated rings. The molecule has 0 saturated carbocycles. The van der Waals surface area contributed by atoms with Crippen LogP contribution in [-0.4, -0.2) is 95.9 Å². The van der Waals surface area contributed by atoms with E-state index >= 15 is 0 Å². The Hall–Kier alpha value is -5.61. The van der Waals surface area contributed by atoms with Crippen molar-refractivity contribution in [2.24, 2.45) is 0 Å². The summed E-state index contributed by atoms with van der Waals surface area (Å²) in [6.45, 7) is 2.42. The highest BCUT2D eigenvalue weighted by atomic mass is 31.2. The van der Waals surface area contributed by atoms with Crippen molar-refractivity contribution in [2.45, 2.75) is 360 Å². The van der Waals surface area contributed by atoms with Crippen LogP contribution >= 0.6 is 15.6 Å². The third-order valence-corrected chi connectivity index (χ3v) is 20.2. The van der Waals surface area contributed by atoms with Crippen LogP contribution in [0.3, 0.4) is 0 Å². The summed E-state index contributed by atoms with van der Waals surface area (Å²) in [5.74, 6) is -1.60. The summed E-state index contributed by atoms with van der Waals surface area (Å²) in [5.41, 5.74) is 0. The second-order valence-electron chi connectivity index (χ2n) is 29.3. The molecule has 0 bridgehead atoms. The lowest BCUT2D eigenvalue weighted by atomic mass is 10.1. The van der Waals surface area contributed by atoms with Gasteiger partial charge in [-0.1, -0.05) is 350 Å². The van der Waals surface area contributed by atoms with Crippen LogP contribution in [0.5, 0.6) is 0 Å². The fourth-order valence-corrected chi connectivity index (χ4v) is 13.1. The van der Waals surface area contributed by atoms with Crippen molar-refractivity contribution in [1.82, 2.24) is 0 Å². The third-order valence-electron chi connectivity index (χ3n) is 18.3. The summed E-state index contributed by atoms with van der Waals surface area (Å²) < 4.78 is 61.5. The molecule has 4 N–H and O–H groups in total. The Labute approximate surface area is 699 Å². The number of esters is 3. The van der Waals surface area contributed by atoms with Gasteiger partial charge in [0, 0.05) is 19.3 Å². The van der Waals surface area contributed by atoms with E-state index in [-0.39, 0.29) is 19.3 Å². The van der Waals surface area contributed by atoms with Gasteiger partial charge in [0.1, 0.15) is 25.4 Å². The van der Waals surface area contributed by atoms with Crippen LogP contribution in [0.1, 0.15) is 342 Å². The Balaban J connectivity index is 4.73. The van der Waals surface area contributed by atoms with Gasteiger partial charge in [0.25, 0.3) is 0 Å². The molecule has 0 spiro atoms. The van der Waals surface area contributed by atoms with E-state index in [0.717, 1.165) is 205 Å². The summed E-state index contributed by atoms with van der Waals surface area (Å²) in [6, 6.07) is 0. The standard InChI is InChI=1S/C97H160O16P2/c1-4-7-10-13-16-19-22-25-28-31-34-37-40-43-45-48-50-53-56-59-62-65-68-71-74-77-80-83-95(100)107-86-92(98)87-109-114(103,104)110-88-93(99)89-111-115(105,106)112-91-94(113-97(102)85-82-79-76-73-70-67-64-61-58-55-52-47-42-39-36-33-30-27-24-21-18-15-12-9-6-3)90-108-96(101)84-81-78-75-72-69-66-63-60-57-54-51-49-46-44-41-38-35-32-29-26-23-20-17-14-11-8-5-2/h7-8,10-11,16-21,25-30,34-39,43-47,50-54,92-94,98-99H,4-6,9,12-15,22-24,31-33,40-42,48-49,55-91H2,1-3H3,(H,103,104)(H,105,106)/b10-7-,11-8-,19-16-,20-17-,21-18-,28-25-,29-26-,30-27-,37-34-,38-35-,39-36-,45-43-,46-44-,52-47-,53-50-,54-51-. The van der Waals surface area contributed by atoms with Crippen molar-refractivity contribution < 1.29 is 75.8 Å². The lowest BCUT2D eigenvalue weighted by molar-refractivity contribution is -0.161. The van der Waals surface area contributed by atoms with Crippen LogP contribution in [-0.2, 0) is 55.8 Å². The molecule has 5 atom stereocenters. The first-order chi connectivity index (χ1) is 56.2. The average Bonchev–Trinajstić information content (AvgIpc) is 0.908. The molecule has 0 radical (unpaired) electrons. The van der Waals surface area contributed by atoms with Crippen LogP contribution in [0.2, 0.25) is 0 Å². The van der Waals surface area contributed by atoms with E-state index in [1.54, 1.807) is 0 Å². The first-order valence-corrected chi connectivity index (χ1v) is 47.7. The number of unbranched alkanes of at least 4 members (excludes halogenated alkanes) is 28. The molecule has 0 aliphatic rings. The largest absolute Gasteiger partial charge is 0.472 e. The van der Waals surface area contributed by atoms with Crippen molar-refractivity contribution in [3.8, 4) is 0 Å². The maximum absolute atomic E-state index is 13.1. The third kappa shape index (κ3) is 89.0. The number of carbonyl (C=O) groups excluding carboxylic acids is 3. The highest BCUT2D eigenvalue weighted by molar-refractivity contribution is 7.47. The summed E-state index contributed by atoms with van der Waals surface area (Å²) in [7, 11) is -9.83. The van der Waals surface area contributed by atoms with Gasteiger partial charge in [-0.25, -0.2) is 9.13 Å². The van der Waals surface area contributed by atoms with Crippen LogP contribution in [0.25, 0.3) is 0 Å². The zero-order valence-electron chi connectivity index (χ0n) is 71.9. The van der Waals surface area contributed by atoms with Gasteiger partial charge in [0.15, 0.2) is 6.10 Å². The molecule has 0 amide bonds. The van der Waals surface area contributed by atoms with Gasteiger partial charge in [0.05, 0.1) is 26.4 Å². The van der Waals surface area contributed by atoms with Crippen molar-refractivity contribution in [3.63, 3.8) is 0 Å². The molecule has 5 unspecified atom stereocenters. The van der Waals surface area contributed by atoms with E-state index in [2.05, 4.69) is 215 Å². The van der Waals surface area contributed by atoms with E-state index < -0.39 is 91.5 Å². The number of phosphoric acid groups is 2. The van der Waals surface area contributed by atoms with Gasteiger partial charge < -0.3 is 34.2 Å². The smallest absolute Gasteiger partial charge is 0.463 e. The van der Waals surface area contributed by atoms with Crippen molar-refractivity contribution in [2.75, 3.05) is 39.6 Å². The Kier molecular flexibility index (Phi) is 83.4. The molecular formula is C97H160O16P2. The molecule has 0 rings (SSSR count). The lowest BCUT2D eigenvalue weighted by Crippen LogP contribution is -2.30. The zero-order valence-corrected chi connectivity index (χ0v) is 73.7. The highest BCUT2D eigenvalue weighted by Gasteiger charge is 2.29. The van der Waals surface area contributed by atoms with Gasteiger partial charge >= 0.3 is 33.6 Å². The number of phosphoric ester groups is 2. The van der Waals surface area contributed by atoms with Gasteiger partial charge in [-0.05, 0) is 167 Å². The van der Waals surface area contributed by atoms with Crippen molar-refractivity contribution >= 4 is 33.6 Å². The Morgan fingerprint density at radius 1 is 0.252 bits per heavy atom. The fraction of sp³-hybridized carbons (Fsp3) is 0.639. The molecule has 0 aromatic carbocycles. The normalized spacial score (nSPS) is 14.7. The van der Waals surface area contributed by atoms with E-state index in [1.165, 1.54) is 77.0 Å². The maximum Gasteiger partial charge on any atom is 0.472 e. The minimum atomic E-state index is -4.95. The number of rotatable bonds is 83. The van der Waals surface area contributed by atoms with E-state index in [9.17, 15) is 43.5 Å². The maximum atomic E-state index is 13.1. The molecule has 0 saturated heterocycles. The highest BCUT2D eigenvalue weighted by Crippen LogP contribution is 2.45. The van der Waals surface area contributed by atoms with E-state index in [1.807, 2.05) is 0 Å². The van der Waals surface area contributed by atoms with Crippen molar-refractivity contribution in [1.29, 1.82) is 0 Å². The van der Waals surface area contributed by atoms with E-state index in [4.69, 9.17) is 32.3 Å². The molecule has 654 valence electrons. The van der Waals surface area contributed by atoms with Gasteiger partial charge in [-0.3, -0.25) is 32.5 Å². The van der Waals surface area contributed by atoms with Crippen LogP contribution in [0, 0.1) is 0 Å². The number of aliphatic hydroxyl groups is 2. The molecule has 0 heterocycles. The predicted molar refractivity (Wildman–Crippen MR) is 481 cm³/mol. The van der Waals surface area contributed by atoms with Crippen molar-refractivity contribution in [3.05, 3.63) is 194 Å². The average molecular weight is 1640 g/mol. The minimum absolute atomic E-state index is 0.0884. The molecular weight excluding hydrogens is 1480 g/mol. The van der Waals surface area contributed by atoms with Gasteiger partial charge in [-0.15, -0.1) is 0 Å². The molecule has 0 aliphatic heterocycles. The molecule has 0 aromatic heterocycles. The number of allylic oxidation sites excluding steroid dienone is 32. The van der Waals surface area contributed by atoms with Gasteiger partial charge in [-0.2, -0.15) is 0 Å². The fourth-order valence-electron chi connectivity index (χ4n) is 11.6. The minimum Gasteiger partial charge on any atom is -0.463 e. The predicted octanol–water partition coefficient (Wildman–Crippen LogP) is 27.4. The molecule has 18 heteroatoms. The molecule has 0 aromatic rings. The lowest BCUT2D eigenvalue weighted by Gasteiger charge is -2.21. The van der Waals surface area contributed by atoms with E-state index in [0.29, 0.717) is 19.3 Å². The van der Waals surface area contributed by atoms with Crippen LogP contribution < -0.4 is 0 Å². The number of ether oxygens (including phenoxy) is 3. The van der Waals surface area contributed by atoms with Crippen LogP contribution in [0.4, 0.5) is 0 Å². The summed E-state index contributed by atoms with van der Waals surface area (Å²) >= 11 is 0. The summed E-state index contributed by atoms with van der Waals surface area (Å²) in [6.07, 6.45) is 116. The summed E-state index contributed by atoms with van der Waals surface area (Å²) in [5, 5.41) is 20.7. The first kappa shape index (κ1) is 109. The SMILES string of the molecule is CC/C=C\C/C=C\C/C=C\C/C=C\C/C=C\C/C=C\CCCCCCCCCCC(=O)OCC(O)COP(=O)(O)OCC(O)COP(=O)(O)OCC(COC(=O)CCCCCCCCCC/C=C\C/C=C\C/C=C\C/C=C\C/C=C\C/C=C\CC)OC(=O)CCCCCCCCCCC/C=C\C/C=C\C/C=C\C/C=C\CCCCC. The number of hydrogen-bond acceptors (Lipinski definition) is 14. The van der Waals surface area contributed by atoms with Gasteiger partial charge in [0.2, 0.25) is 0 Å². The quantitative estimate of drug-likeness (QED) is 0.0146. The molecule has 16 nitrogen and oxygen atoms in total. The topological polar surface area (TPSA) is 231 Å². The number of hydrogen-bond donors (Lipinski definition) is 4. The summed E-state index contributed by atoms with van der Waals surface area (Å²) in [4.78, 5) is 59.0.